The van der Waals surface area contributed by atoms with Crippen LogP contribution in [0.15, 0.2) is 0 Å². The molecule has 1 saturated heterocycles. The van der Waals surface area contributed by atoms with Crippen LogP contribution in [0.4, 0.5) is 0 Å². The summed E-state index contributed by atoms with van der Waals surface area (Å²) >= 11 is 0. The van der Waals surface area contributed by atoms with Gasteiger partial charge in [0.15, 0.2) is 24.6 Å². The van der Waals surface area contributed by atoms with E-state index in [4.69, 9.17) is 28.4 Å². The van der Waals surface area contributed by atoms with Crippen molar-refractivity contribution >= 4 is 36.1 Å². The molecular weight excluding hydrogens is 734 g/mol. The monoisotopic (exact) mass is 812 g/mol. The first-order valence-electron chi connectivity index (χ1n) is 22.1. The van der Waals surface area contributed by atoms with Crippen LogP contribution in [0.3, 0.4) is 0 Å². The number of aldehydes is 1. The third-order valence-electron chi connectivity index (χ3n) is 10.2. The molecule has 1 heterocycles. The molecule has 1 aliphatic heterocycles. The average molecular weight is 812 g/mol. The van der Waals surface area contributed by atoms with E-state index in [1.54, 1.807) is 4.90 Å². The molecule has 0 saturated carbocycles. The van der Waals surface area contributed by atoms with Crippen molar-refractivity contribution < 1.29 is 57.2 Å². The summed E-state index contributed by atoms with van der Waals surface area (Å²) in [6.07, 6.45) is 21.4. The summed E-state index contributed by atoms with van der Waals surface area (Å²) in [6.45, 7) is 7.44. The molecule has 0 radical (unpaired) electrons. The molecule has 0 N–H and O–H groups in total. The number of hydrogen-bond acceptors (Lipinski definition) is 12. The van der Waals surface area contributed by atoms with Gasteiger partial charge < -0.3 is 38.1 Å². The van der Waals surface area contributed by atoms with E-state index in [-0.39, 0.29) is 25.7 Å². The van der Waals surface area contributed by atoms with Gasteiger partial charge in [0, 0.05) is 53.6 Å². The lowest BCUT2D eigenvalue weighted by Gasteiger charge is -2.44. The van der Waals surface area contributed by atoms with Crippen molar-refractivity contribution in [1.29, 1.82) is 0 Å². The van der Waals surface area contributed by atoms with E-state index in [0.29, 0.717) is 19.4 Å². The standard InChI is InChI=1S/C44H77NO12/c1-6-7-8-9-10-11-12-13-14-15-16-17-20-23-26-29-40(51)45(30-27-24-21-18-19-22-25-28-32-46)31-33-52-44-43(56-38(5)50)42(55-37(4)49)41(54-36(3)48)39(57-44)34-53-35(2)47/h32,39,41-44H,6-31,33-34H2,1-5H3/t39-,41+,42+,43-,44-/m1/s1. The fourth-order valence-corrected chi connectivity index (χ4v) is 7.18. The highest BCUT2D eigenvalue weighted by molar-refractivity contribution is 5.76. The van der Waals surface area contributed by atoms with Gasteiger partial charge in [0.1, 0.15) is 19.0 Å². The Balaban J connectivity index is 2.79. The minimum absolute atomic E-state index is 0.00900. The number of esters is 4. The van der Waals surface area contributed by atoms with Gasteiger partial charge in [-0.1, -0.05) is 129 Å². The molecule has 1 amide bonds. The molecule has 0 bridgehead atoms. The van der Waals surface area contributed by atoms with Gasteiger partial charge in [0.25, 0.3) is 0 Å². The number of amides is 1. The molecule has 57 heavy (non-hydrogen) atoms. The van der Waals surface area contributed by atoms with Gasteiger partial charge in [-0.15, -0.1) is 0 Å². The zero-order valence-electron chi connectivity index (χ0n) is 36.1. The Bertz CT molecular complexity index is 1120. The molecule has 1 rings (SSSR count). The van der Waals surface area contributed by atoms with Crippen molar-refractivity contribution in [2.75, 3.05) is 26.3 Å². The number of carbonyl (C=O) groups excluding carboxylic acids is 6. The van der Waals surface area contributed by atoms with Crippen LogP contribution in [0, 0.1) is 0 Å². The van der Waals surface area contributed by atoms with Gasteiger partial charge in [0.2, 0.25) is 5.91 Å². The maximum Gasteiger partial charge on any atom is 0.303 e. The highest BCUT2D eigenvalue weighted by atomic mass is 16.7. The largest absolute Gasteiger partial charge is 0.463 e. The van der Waals surface area contributed by atoms with E-state index in [0.717, 1.165) is 84.3 Å². The summed E-state index contributed by atoms with van der Waals surface area (Å²) in [7, 11) is 0. The van der Waals surface area contributed by atoms with Crippen LogP contribution in [-0.2, 0) is 57.2 Å². The number of rotatable bonds is 35. The van der Waals surface area contributed by atoms with Gasteiger partial charge in [-0.3, -0.25) is 24.0 Å². The summed E-state index contributed by atoms with van der Waals surface area (Å²) < 4.78 is 33.8. The first-order valence-corrected chi connectivity index (χ1v) is 22.1. The Labute approximate surface area is 343 Å². The summed E-state index contributed by atoms with van der Waals surface area (Å²) in [4.78, 5) is 74.0. The van der Waals surface area contributed by atoms with Crippen LogP contribution in [0.2, 0.25) is 0 Å². The minimum Gasteiger partial charge on any atom is -0.463 e. The third-order valence-corrected chi connectivity index (χ3v) is 10.2. The molecule has 13 nitrogen and oxygen atoms in total. The number of hydrogen-bond donors (Lipinski definition) is 0. The van der Waals surface area contributed by atoms with Crippen LogP contribution in [-0.4, -0.2) is 98.0 Å². The lowest BCUT2D eigenvalue weighted by atomic mass is 9.98. The van der Waals surface area contributed by atoms with Gasteiger partial charge in [-0.25, -0.2) is 0 Å². The Morgan fingerprint density at radius 2 is 1.00 bits per heavy atom. The maximum absolute atomic E-state index is 13.5. The van der Waals surface area contributed by atoms with Crippen molar-refractivity contribution in [3.8, 4) is 0 Å². The topological polar surface area (TPSA) is 161 Å². The molecule has 0 unspecified atom stereocenters. The number of carbonyl (C=O) groups is 6. The van der Waals surface area contributed by atoms with E-state index < -0.39 is 54.6 Å². The molecule has 0 aromatic rings. The quantitative estimate of drug-likeness (QED) is 0.0260. The molecular formula is C44H77NO12. The summed E-state index contributed by atoms with van der Waals surface area (Å²) in [5, 5.41) is 0. The van der Waals surface area contributed by atoms with Gasteiger partial charge >= 0.3 is 23.9 Å². The summed E-state index contributed by atoms with van der Waals surface area (Å²) in [5.41, 5.74) is 0. The Morgan fingerprint density at radius 1 is 0.544 bits per heavy atom. The second kappa shape index (κ2) is 33.9. The maximum atomic E-state index is 13.5. The molecule has 1 aliphatic rings. The number of unbranched alkanes of at least 4 members (excludes halogenated alkanes) is 21. The lowest BCUT2D eigenvalue weighted by Crippen LogP contribution is -2.63. The zero-order chi connectivity index (χ0) is 42.1. The van der Waals surface area contributed by atoms with E-state index in [1.165, 1.54) is 90.9 Å². The van der Waals surface area contributed by atoms with Crippen LogP contribution in [0.5, 0.6) is 0 Å². The van der Waals surface area contributed by atoms with Gasteiger partial charge in [-0.2, -0.15) is 0 Å². The highest BCUT2D eigenvalue weighted by Crippen LogP contribution is 2.30. The second-order valence-corrected chi connectivity index (χ2v) is 15.4. The molecule has 0 aromatic carbocycles. The molecule has 0 aliphatic carbocycles. The van der Waals surface area contributed by atoms with Gasteiger partial charge in [0.05, 0.1) is 6.61 Å². The normalized spacial score (nSPS) is 19.1. The Hall–Kier alpha value is -3.06. The van der Waals surface area contributed by atoms with Crippen molar-refractivity contribution in [3.63, 3.8) is 0 Å². The van der Waals surface area contributed by atoms with Crippen molar-refractivity contribution in [1.82, 2.24) is 4.90 Å². The van der Waals surface area contributed by atoms with Crippen LogP contribution < -0.4 is 0 Å². The van der Waals surface area contributed by atoms with E-state index in [9.17, 15) is 28.8 Å². The zero-order valence-corrected chi connectivity index (χ0v) is 36.1. The summed E-state index contributed by atoms with van der Waals surface area (Å²) in [6, 6.07) is 0. The Morgan fingerprint density at radius 3 is 1.49 bits per heavy atom. The molecule has 1 fully saturated rings. The van der Waals surface area contributed by atoms with Crippen LogP contribution in [0.25, 0.3) is 0 Å². The fourth-order valence-electron chi connectivity index (χ4n) is 7.18. The second-order valence-electron chi connectivity index (χ2n) is 15.4. The van der Waals surface area contributed by atoms with E-state index in [2.05, 4.69) is 6.92 Å². The predicted molar refractivity (Wildman–Crippen MR) is 217 cm³/mol. The fraction of sp³-hybridized carbons (Fsp3) is 0.864. The minimum atomic E-state index is -1.32. The van der Waals surface area contributed by atoms with Crippen LogP contribution in [0.1, 0.15) is 189 Å². The van der Waals surface area contributed by atoms with E-state index in [1.807, 2.05) is 0 Å². The Kier molecular flexibility index (Phi) is 30.9. The SMILES string of the molecule is CCCCCCCCCCCCCCCCCC(=O)N(CCCCCCCCCC=O)CCO[C@@H]1O[C@H](COC(C)=O)[C@H](OC(C)=O)[C@H](OC(C)=O)[C@H]1OC(C)=O. The highest BCUT2D eigenvalue weighted by Gasteiger charge is 2.52. The average Bonchev–Trinajstić information content (AvgIpc) is 3.15. The van der Waals surface area contributed by atoms with Crippen molar-refractivity contribution in [2.24, 2.45) is 0 Å². The first-order chi connectivity index (χ1) is 27.5. The predicted octanol–water partition coefficient (Wildman–Crippen LogP) is 8.50. The number of ether oxygens (including phenoxy) is 6. The molecule has 13 heteroatoms. The van der Waals surface area contributed by atoms with Crippen molar-refractivity contribution in [2.45, 2.75) is 219 Å². The third kappa shape index (κ3) is 26.5. The first kappa shape index (κ1) is 52.0. The van der Waals surface area contributed by atoms with Crippen molar-refractivity contribution in [3.05, 3.63) is 0 Å². The number of nitrogens with zero attached hydrogens (tertiary/aromatic N) is 1. The molecule has 0 spiro atoms. The summed E-state index contributed by atoms with van der Waals surface area (Å²) in [5.74, 6) is -2.71. The molecule has 5 atom stereocenters. The smallest absolute Gasteiger partial charge is 0.303 e. The van der Waals surface area contributed by atoms with E-state index >= 15 is 0 Å². The van der Waals surface area contributed by atoms with Gasteiger partial charge in [-0.05, 0) is 19.3 Å². The molecule has 330 valence electrons. The lowest BCUT2D eigenvalue weighted by molar-refractivity contribution is -0.308. The molecule has 0 aromatic heterocycles. The van der Waals surface area contributed by atoms with Crippen LogP contribution >= 0.6 is 0 Å².